The van der Waals surface area contributed by atoms with Crippen LogP contribution in [0.4, 0.5) is 14.5 Å². The predicted molar refractivity (Wildman–Crippen MR) is 84.8 cm³/mol. The van der Waals surface area contributed by atoms with E-state index in [4.69, 9.17) is 5.73 Å². The van der Waals surface area contributed by atoms with Crippen LogP contribution in [0.2, 0.25) is 0 Å². The first-order valence-corrected chi connectivity index (χ1v) is 7.62. The summed E-state index contributed by atoms with van der Waals surface area (Å²) in [6, 6.07) is 14.5. The molecule has 0 saturated carbocycles. The summed E-state index contributed by atoms with van der Waals surface area (Å²) < 4.78 is 27.5. The summed E-state index contributed by atoms with van der Waals surface area (Å²) in [5, 5.41) is 0. The van der Waals surface area contributed by atoms with Gasteiger partial charge in [0.05, 0.1) is 5.69 Å². The standard InChI is InChI=1S/C18H20F2N2/c19-16-7-4-8-17(18(16)20)22-11-14(10-15(21)12-22)9-13-5-2-1-3-6-13/h1-8,14-15H,9-12,21H2. The molecule has 2 unspecified atom stereocenters. The van der Waals surface area contributed by atoms with Crippen LogP contribution in [-0.2, 0) is 6.42 Å². The van der Waals surface area contributed by atoms with E-state index in [1.165, 1.54) is 5.56 Å². The van der Waals surface area contributed by atoms with Crippen molar-refractivity contribution in [2.45, 2.75) is 18.9 Å². The van der Waals surface area contributed by atoms with Gasteiger partial charge in [-0.15, -0.1) is 0 Å². The zero-order valence-electron chi connectivity index (χ0n) is 12.4. The maximum atomic E-state index is 14.0. The minimum Gasteiger partial charge on any atom is -0.367 e. The van der Waals surface area contributed by atoms with E-state index in [-0.39, 0.29) is 6.04 Å². The fourth-order valence-electron chi connectivity index (χ4n) is 3.28. The summed E-state index contributed by atoms with van der Waals surface area (Å²) in [7, 11) is 0. The second-order valence-corrected chi connectivity index (χ2v) is 6.03. The molecule has 1 heterocycles. The highest BCUT2D eigenvalue weighted by Crippen LogP contribution is 2.28. The lowest BCUT2D eigenvalue weighted by molar-refractivity contribution is 0.370. The Morgan fingerprint density at radius 1 is 1.00 bits per heavy atom. The van der Waals surface area contributed by atoms with Crippen LogP contribution in [0.15, 0.2) is 48.5 Å². The van der Waals surface area contributed by atoms with Crippen molar-refractivity contribution in [1.82, 2.24) is 0 Å². The van der Waals surface area contributed by atoms with E-state index in [1.807, 2.05) is 23.1 Å². The SMILES string of the molecule is NC1CC(Cc2ccccc2)CN(c2cccc(F)c2F)C1. The van der Waals surface area contributed by atoms with Gasteiger partial charge in [0.2, 0.25) is 0 Å². The minimum absolute atomic E-state index is 0.0230. The monoisotopic (exact) mass is 302 g/mol. The first-order valence-electron chi connectivity index (χ1n) is 7.62. The molecule has 3 rings (SSSR count). The van der Waals surface area contributed by atoms with Gasteiger partial charge < -0.3 is 10.6 Å². The van der Waals surface area contributed by atoms with E-state index in [1.54, 1.807) is 12.1 Å². The first-order chi connectivity index (χ1) is 10.6. The Balaban J connectivity index is 1.77. The molecule has 0 aromatic heterocycles. The fraction of sp³-hybridized carbons (Fsp3) is 0.333. The molecule has 4 heteroatoms. The lowest BCUT2D eigenvalue weighted by Crippen LogP contribution is -2.48. The predicted octanol–water partition coefficient (Wildman–Crippen LogP) is 3.36. The molecule has 22 heavy (non-hydrogen) atoms. The lowest BCUT2D eigenvalue weighted by atomic mass is 9.89. The molecule has 2 aromatic carbocycles. The van der Waals surface area contributed by atoms with Gasteiger partial charge in [0.25, 0.3) is 0 Å². The van der Waals surface area contributed by atoms with Gasteiger partial charge in [-0.3, -0.25) is 0 Å². The first kappa shape index (κ1) is 15.0. The van der Waals surface area contributed by atoms with E-state index in [2.05, 4.69) is 12.1 Å². The Morgan fingerprint density at radius 3 is 2.55 bits per heavy atom. The molecule has 1 aliphatic heterocycles. The average Bonchev–Trinajstić information content (AvgIpc) is 2.50. The van der Waals surface area contributed by atoms with Crippen LogP contribution in [0.3, 0.4) is 0 Å². The van der Waals surface area contributed by atoms with E-state index < -0.39 is 11.6 Å². The van der Waals surface area contributed by atoms with Crippen molar-refractivity contribution in [3.05, 3.63) is 65.7 Å². The maximum absolute atomic E-state index is 14.0. The van der Waals surface area contributed by atoms with Crippen LogP contribution < -0.4 is 10.6 Å². The van der Waals surface area contributed by atoms with E-state index in [0.29, 0.717) is 24.7 Å². The molecular formula is C18H20F2N2. The number of anilines is 1. The highest BCUT2D eigenvalue weighted by atomic mass is 19.2. The zero-order chi connectivity index (χ0) is 15.5. The van der Waals surface area contributed by atoms with Gasteiger partial charge in [-0.2, -0.15) is 0 Å². The van der Waals surface area contributed by atoms with E-state index in [0.717, 1.165) is 18.9 Å². The third-order valence-electron chi connectivity index (χ3n) is 4.21. The summed E-state index contributed by atoms with van der Waals surface area (Å²) in [4.78, 5) is 1.88. The smallest absolute Gasteiger partial charge is 0.182 e. The van der Waals surface area contributed by atoms with Crippen LogP contribution in [-0.4, -0.2) is 19.1 Å². The van der Waals surface area contributed by atoms with Gasteiger partial charge in [0.15, 0.2) is 11.6 Å². The summed E-state index contributed by atoms with van der Waals surface area (Å²) in [6.07, 6.45) is 1.81. The largest absolute Gasteiger partial charge is 0.367 e. The third-order valence-corrected chi connectivity index (χ3v) is 4.21. The number of halogens is 2. The van der Waals surface area contributed by atoms with Crippen LogP contribution in [0.25, 0.3) is 0 Å². The Kier molecular flexibility index (Phi) is 4.39. The van der Waals surface area contributed by atoms with Crippen molar-refractivity contribution in [2.75, 3.05) is 18.0 Å². The molecule has 2 atom stereocenters. The van der Waals surface area contributed by atoms with Gasteiger partial charge in [-0.1, -0.05) is 36.4 Å². The van der Waals surface area contributed by atoms with Crippen LogP contribution in [0.1, 0.15) is 12.0 Å². The number of hydrogen-bond donors (Lipinski definition) is 1. The van der Waals surface area contributed by atoms with Crippen molar-refractivity contribution in [3.63, 3.8) is 0 Å². The highest BCUT2D eigenvalue weighted by molar-refractivity contribution is 5.49. The van der Waals surface area contributed by atoms with Gasteiger partial charge in [0.1, 0.15) is 0 Å². The van der Waals surface area contributed by atoms with Gasteiger partial charge in [-0.25, -0.2) is 8.78 Å². The molecule has 0 radical (unpaired) electrons. The molecule has 2 nitrogen and oxygen atoms in total. The zero-order valence-corrected chi connectivity index (χ0v) is 12.4. The molecule has 0 amide bonds. The molecule has 2 aromatic rings. The van der Waals surface area contributed by atoms with Crippen molar-refractivity contribution in [2.24, 2.45) is 11.7 Å². The molecule has 116 valence electrons. The molecule has 0 spiro atoms. The number of rotatable bonds is 3. The highest BCUT2D eigenvalue weighted by Gasteiger charge is 2.27. The van der Waals surface area contributed by atoms with E-state index in [9.17, 15) is 8.78 Å². The van der Waals surface area contributed by atoms with Crippen LogP contribution in [0, 0.1) is 17.6 Å². The molecular weight excluding hydrogens is 282 g/mol. The molecule has 1 aliphatic rings. The summed E-state index contributed by atoms with van der Waals surface area (Å²) in [6.45, 7) is 1.26. The molecule has 0 aliphatic carbocycles. The van der Waals surface area contributed by atoms with Crippen LogP contribution in [0.5, 0.6) is 0 Å². The number of nitrogens with zero attached hydrogens (tertiary/aromatic N) is 1. The van der Waals surface area contributed by atoms with Crippen molar-refractivity contribution < 1.29 is 8.78 Å². The number of piperidine rings is 1. The third kappa shape index (κ3) is 3.28. The van der Waals surface area contributed by atoms with Gasteiger partial charge >= 0.3 is 0 Å². The molecule has 1 fully saturated rings. The molecule has 2 N–H and O–H groups in total. The number of hydrogen-bond acceptors (Lipinski definition) is 2. The lowest BCUT2D eigenvalue weighted by Gasteiger charge is -2.38. The Morgan fingerprint density at radius 2 is 1.77 bits per heavy atom. The Labute approximate surface area is 129 Å². The maximum Gasteiger partial charge on any atom is 0.182 e. The average molecular weight is 302 g/mol. The minimum atomic E-state index is -0.809. The summed E-state index contributed by atoms with van der Waals surface area (Å²) >= 11 is 0. The molecule has 0 bridgehead atoms. The van der Waals surface area contributed by atoms with Crippen molar-refractivity contribution >= 4 is 5.69 Å². The van der Waals surface area contributed by atoms with Gasteiger partial charge in [-0.05, 0) is 36.5 Å². The summed E-state index contributed by atoms with van der Waals surface area (Å²) in [5.74, 6) is -1.25. The number of nitrogens with two attached hydrogens (primary N) is 1. The van der Waals surface area contributed by atoms with E-state index >= 15 is 0 Å². The quantitative estimate of drug-likeness (QED) is 0.942. The van der Waals surface area contributed by atoms with Crippen molar-refractivity contribution in [1.29, 1.82) is 0 Å². The van der Waals surface area contributed by atoms with Crippen molar-refractivity contribution in [3.8, 4) is 0 Å². The molecule has 1 saturated heterocycles. The summed E-state index contributed by atoms with van der Waals surface area (Å²) in [5.41, 5.74) is 7.70. The van der Waals surface area contributed by atoms with Crippen LogP contribution >= 0.6 is 0 Å². The number of benzene rings is 2. The Hall–Kier alpha value is -1.94. The topological polar surface area (TPSA) is 29.3 Å². The van der Waals surface area contributed by atoms with Gasteiger partial charge in [0, 0.05) is 19.1 Å². The second kappa shape index (κ2) is 6.44. The second-order valence-electron chi connectivity index (χ2n) is 6.03. The normalized spacial score (nSPS) is 21.9. The fourth-order valence-corrected chi connectivity index (χ4v) is 3.28. The Bertz CT molecular complexity index is 630.